The summed E-state index contributed by atoms with van der Waals surface area (Å²) < 4.78 is 0. The number of rotatable bonds is 1. The van der Waals surface area contributed by atoms with Gasteiger partial charge in [-0.15, -0.1) is 0 Å². The highest BCUT2D eigenvalue weighted by Gasteiger charge is 2.33. The molecule has 0 heterocycles. The van der Waals surface area contributed by atoms with Crippen molar-refractivity contribution in [3.63, 3.8) is 0 Å². The molecule has 14 heavy (non-hydrogen) atoms. The summed E-state index contributed by atoms with van der Waals surface area (Å²) in [7, 11) is 0. The van der Waals surface area contributed by atoms with Gasteiger partial charge in [0.1, 0.15) is 6.29 Å². The summed E-state index contributed by atoms with van der Waals surface area (Å²) in [5, 5.41) is 0. The minimum atomic E-state index is 0.330. The summed E-state index contributed by atoms with van der Waals surface area (Å²) in [6, 6.07) is 0. The topological polar surface area (TPSA) is 17.1 Å². The van der Waals surface area contributed by atoms with Gasteiger partial charge < -0.3 is 4.79 Å². The number of fused-ring (bicyclic) bond motifs is 1. The van der Waals surface area contributed by atoms with E-state index in [1.807, 2.05) is 0 Å². The maximum absolute atomic E-state index is 11.0. The van der Waals surface area contributed by atoms with Crippen LogP contribution in [-0.2, 0) is 4.79 Å². The van der Waals surface area contributed by atoms with Gasteiger partial charge in [-0.1, -0.05) is 18.1 Å². The van der Waals surface area contributed by atoms with Gasteiger partial charge >= 0.3 is 0 Å². The summed E-state index contributed by atoms with van der Waals surface area (Å²) in [6.07, 6.45) is 7.28. The van der Waals surface area contributed by atoms with Crippen molar-refractivity contribution in [2.75, 3.05) is 0 Å². The first-order valence-electron chi connectivity index (χ1n) is 5.86. The first-order chi connectivity index (χ1) is 6.72. The zero-order chi connectivity index (χ0) is 10.1. The smallest absolute Gasteiger partial charge is 0.123 e. The quantitative estimate of drug-likeness (QED) is 0.460. The molecule has 0 aromatic carbocycles. The molecule has 0 aromatic rings. The van der Waals surface area contributed by atoms with Crippen LogP contribution in [0.25, 0.3) is 0 Å². The highest BCUT2D eigenvalue weighted by Crippen LogP contribution is 2.44. The Bertz CT molecular complexity index is 264. The highest BCUT2D eigenvalue weighted by molar-refractivity contribution is 5.56. The van der Waals surface area contributed by atoms with E-state index in [1.54, 1.807) is 11.1 Å². The third kappa shape index (κ3) is 1.65. The number of aldehydes is 1. The molecule has 0 bridgehead atoms. The standard InChI is InChI=1S/C13H20O/c1-9-3-6-12-10(2)4-5-11(8-14)13(12)7-9/h8-9,11,13H,3-7H2,1-2H3. The lowest BCUT2D eigenvalue weighted by Gasteiger charge is -2.38. The average molecular weight is 192 g/mol. The zero-order valence-corrected chi connectivity index (χ0v) is 9.25. The molecular weight excluding hydrogens is 172 g/mol. The third-order valence-corrected chi connectivity index (χ3v) is 4.10. The molecule has 1 heteroatoms. The van der Waals surface area contributed by atoms with Crippen LogP contribution in [0.4, 0.5) is 0 Å². The largest absolute Gasteiger partial charge is 0.303 e. The minimum Gasteiger partial charge on any atom is -0.303 e. The first kappa shape index (κ1) is 9.95. The maximum Gasteiger partial charge on any atom is 0.123 e. The van der Waals surface area contributed by atoms with E-state index in [0.29, 0.717) is 11.8 Å². The summed E-state index contributed by atoms with van der Waals surface area (Å²) in [5.74, 6) is 1.75. The Morgan fingerprint density at radius 1 is 1.29 bits per heavy atom. The zero-order valence-electron chi connectivity index (χ0n) is 9.25. The van der Waals surface area contributed by atoms with E-state index in [0.717, 1.165) is 18.8 Å². The van der Waals surface area contributed by atoms with Gasteiger partial charge in [-0.25, -0.2) is 0 Å². The van der Waals surface area contributed by atoms with Crippen molar-refractivity contribution in [3.8, 4) is 0 Å². The molecule has 0 spiro atoms. The van der Waals surface area contributed by atoms with Crippen LogP contribution in [-0.4, -0.2) is 6.29 Å². The molecular formula is C13H20O. The Kier molecular flexibility index (Phi) is 2.76. The molecule has 1 nitrogen and oxygen atoms in total. The second-order valence-corrected chi connectivity index (χ2v) is 5.13. The second kappa shape index (κ2) is 3.88. The van der Waals surface area contributed by atoms with Crippen LogP contribution in [0.2, 0.25) is 0 Å². The molecule has 1 saturated carbocycles. The highest BCUT2D eigenvalue weighted by atomic mass is 16.1. The van der Waals surface area contributed by atoms with E-state index >= 15 is 0 Å². The summed E-state index contributed by atoms with van der Waals surface area (Å²) >= 11 is 0. The number of carbonyl (C=O) groups is 1. The van der Waals surface area contributed by atoms with Gasteiger partial charge in [0.25, 0.3) is 0 Å². The van der Waals surface area contributed by atoms with Crippen molar-refractivity contribution in [3.05, 3.63) is 11.1 Å². The van der Waals surface area contributed by atoms with Gasteiger partial charge in [-0.05, 0) is 50.9 Å². The fourth-order valence-electron chi connectivity index (χ4n) is 3.15. The van der Waals surface area contributed by atoms with Crippen LogP contribution in [0.5, 0.6) is 0 Å². The van der Waals surface area contributed by atoms with E-state index in [9.17, 15) is 4.79 Å². The van der Waals surface area contributed by atoms with Crippen LogP contribution >= 0.6 is 0 Å². The van der Waals surface area contributed by atoms with E-state index in [4.69, 9.17) is 0 Å². The van der Waals surface area contributed by atoms with Crippen molar-refractivity contribution in [1.82, 2.24) is 0 Å². The van der Waals surface area contributed by atoms with Gasteiger partial charge in [0.05, 0.1) is 0 Å². The molecule has 2 rings (SSSR count). The lowest BCUT2D eigenvalue weighted by Crippen LogP contribution is -2.28. The van der Waals surface area contributed by atoms with Crippen molar-refractivity contribution >= 4 is 6.29 Å². The molecule has 0 aromatic heterocycles. The molecule has 3 unspecified atom stereocenters. The molecule has 2 aliphatic rings. The fraction of sp³-hybridized carbons (Fsp3) is 0.769. The number of hydrogen-bond acceptors (Lipinski definition) is 1. The van der Waals surface area contributed by atoms with Crippen LogP contribution < -0.4 is 0 Å². The molecule has 0 amide bonds. The molecule has 2 aliphatic carbocycles. The third-order valence-electron chi connectivity index (χ3n) is 4.10. The van der Waals surface area contributed by atoms with Gasteiger partial charge in [-0.3, -0.25) is 0 Å². The van der Waals surface area contributed by atoms with Gasteiger partial charge in [0, 0.05) is 5.92 Å². The van der Waals surface area contributed by atoms with E-state index in [-0.39, 0.29) is 0 Å². The predicted octanol–water partition coefficient (Wildman–Crippen LogP) is 3.35. The molecule has 78 valence electrons. The fourth-order valence-corrected chi connectivity index (χ4v) is 3.15. The van der Waals surface area contributed by atoms with Crippen LogP contribution in [0.15, 0.2) is 11.1 Å². The number of carbonyl (C=O) groups excluding carboxylic acids is 1. The lowest BCUT2D eigenvalue weighted by molar-refractivity contribution is -0.112. The molecule has 0 N–H and O–H groups in total. The Labute approximate surface area is 86.6 Å². The Balaban J connectivity index is 2.24. The SMILES string of the molecule is CC1=C2CCC(C)CC2C(C=O)CC1. The van der Waals surface area contributed by atoms with Crippen molar-refractivity contribution < 1.29 is 4.79 Å². The van der Waals surface area contributed by atoms with Crippen LogP contribution in [0.1, 0.15) is 46.0 Å². The normalized spacial score (nSPS) is 38.0. The van der Waals surface area contributed by atoms with E-state index < -0.39 is 0 Å². The number of hydrogen-bond donors (Lipinski definition) is 0. The van der Waals surface area contributed by atoms with Crippen LogP contribution in [0, 0.1) is 17.8 Å². The Morgan fingerprint density at radius 3 is 2.79 bits per heavy atom. The minimum absolute atomic E-state index is 0.330. The summed E-state index contributed by atoms with van der Waals surface area (Å²) in [4.78, 5) is 11.0. The lowest BCUT2D eigenvalue weighted by atomic mass is 9.67. The number of allylic oxidation sites excluding steroid dienone is 2. The Hall–Kier alpha value is -0.590. The van der Waals surface area contributed by atoms with Crippen molar-refractivity contribution in [2.45, 2.75) is 46.0 Å². The molecule has 0 radical (unpaired) electrons. The molecule has 0 aliphatic heterocycles. The summed E-state index contributed by atoms with van der Waals surface area (Å²) in [5.41, 5.74) is 3.21. The monoisotopic (exact) mass is 192 g/mol. The van der Waals surface area contributed by atoms with E-state index in [2.05, 4.69) is 13.8 Å². The average Bonchev–Trinajstić information content (AvgIpc) is 2.18. The molecule has 3 atom stereocenters. The van der Waals surface area contributed by atoms with Crippen molar-refractivity contribution in [2.24, 2.45) is 17.8 Å². The van der Waals surface area contributed by atoms with Gasteiger partial charge in [-0.2, -0.15) is 0 Å². The Morgan fingerprint density at radius 2 is 2.07 bits per heavy atom. The van der Waals surface area contributed by atoms with Gasteiger partial charge in [0.15, 0.2) is 0 Å². The van der Waals surface area contributed by atoms with Gasteiger partial charge in [0.2, 0.25) is 0 Å². The van der Waals surface area contributed by atoms with Crippen molar-refractivity contribution in [1.29, 1.82) is 0 Å². The maximum atomic E-state index is 11.0. The predicted molar refractivity (Wildman–Crippen MR) is 58.0 cm³/mol. The van der Waals surface area contributed by atoms with E-state index in [1.165, 1.54) is 25.5 Å². The molecule has 0 saturated heterocycles. The van der Waals surface area contributed by atoms with Crippen LogP contribution in [0.3, 0.4) is 0 Å². The first-order valence-corrected chi connectivity index (χ1v) is 5.86. The second-order valence-electron chi connectivity index (χ2n) is 5.13. The summed E-state index contributed by atoms with van der Waals surface area (Å²) in [6.45, 7) is 4.59. The molecule has 1 fully saturated rings.